The average molecular weight is 427 g/mol. The summed E-state index contributed by atoms with van der Waals surface area (Å²) in [7, 11) is -3.76. The summed E-state index contributed by atoms with van der Waals surface area (Å²) in [6.45, 7) is 8.67. The van der Waals surface area contributed by atoms with Gasteiger partial charge in [0.25, 0.3) is 5.85 Å². The van der Waals surface area contributed by atoms with E-state index in [2.05, 4.69) is 17.0 Å². The second kappa shape index (κ2) is 12.5. The number of hydrogen-bond acceptors (Lipinski definition) is 7. The van der Waals surface area contributed by atoms with E-state index in [1.165, 1.54) is 5.56 Å². The molecule has 2 atom stereocenters. The van der Waals surface area contributed by atoms with E-state index < -0.39 is 19.4 Å². The van der Waals surface area contributed by atoms with Crippen molar-refractivity contribution in [2.75, 3.05) is 39.5 Å². The molecule has 7 nitrogen and oxygen atoms in total. The summed E-state index contributed by atoms with van der Waals surface area (Å²) in [4.78, 5) is 14.8. The van der Waals surface area contributed by atoms with Gasteiger partial charge in [-0.15, -0.1) is 0 Å². The first kappa shape index (κ1) is 24.0. The third kappa shape index (κ3) is 7.50. The van der Waals surface area contributed by atoms with Crippen LogP contribution in [0.15, 0.2) is 30.3 Å². The van der Waals surface area contributed by atoms with Gasteiger partial charge in [0.1, 0.15) is 0 Å². The third-order valence-electron chi connectivity index (χ3n) is 4.74. The molecular weight excluding hydrogens is 393 g/mol. The summed E-state index contributed by atoms with van der Waals surface area (Å²) < 4.78 is 34.7. The van der Waals surface area contributed by atoms with Crippen LogP contribution in [0.5, 0.6) is 0 Å². The van der Waals surface area contributed by atoms with E-state index in [9.17, 15) is 9.36 Å². The zero-order valence-corrected chi connectivity index (χ0v) is 18.6. The van der Waals surface area contributed by atoms with Crippen molar-refractivity contribution in [1.82, 2.24) is 4.90 Å². The molecule has 0 aliphatic carbocycles. The van der Waals surface area contributed by atoms with Crippen LogP contribution in [-0.2, 0) is 34.4 Å². The molecule has 164 valence electrons. The van der Waals surface area contributed by atoms with Crippen LogP contribution in [0.25, 0.3) is 0 Å². The number of benzene rings is 1. The van der Waals surface area contributed by atoms with Crippen molar-refractivity contribution in [3.05, 3.63) is 35.9 Å². The van der Waals surface area contributed by atoms with E-state index in [4.69, 9.17) is 18.5 Å². The Morgan fingerprint density at radius 2 is 1.83 bits per heavy atom. The lowest BCUT2D eigenvalue weighted by Gasteiger charge is -2.33. The highest BCUT2D eigenvalue weighted by molar-refractivity contribution is 7.55. The fourth-order valence-electron chi connectivity index (χ4n) is 3.53. The molecule has 0 bridgehead atoms. The lowest BCUT2D eigenvalue weighted by Crippen LogP contribution is -2.38. The van der Waals surface area contributed by atoms with Crippen molar-refractivity contribution in [3.8, 4) is 0 Å². The van der Waals surface area contributed by atoms with E-state index in [1.807, 2.05) is 18.2 Å². The molecule has 1 aromatic rings. The number of nitrogens with zero attached hydrogens (tertiary/aromatic N) is 1. The molecule has 1 heterocycles. The zero-order chi connectivity index (χ0) is 21.1. The van der Waals surface area contributed by atoms with Crippen LogP contribution in [0.1, 0.15) is 39.2 Å². The van der Waals surface area contributed by atoms with Crippen LogP contribution in [0, 0.1) is 5.92 Å². The normalized spacial score (nSPS) is 19.1. The Morgan fingerprint density at radius 3 is 2.45 bits per heavy atom. The van der Waals surface area contributed by atoms with Crippen molar-refractivity contribution in [3.63, 3.8) is 0 Å². The number of carbonyl (C=O) groups is 1. The molecule has 1 aliphatic rings. The first-order valence-corrected chi connectivity index (χ1v) is 12.1. The Morgan fingerprint density at radius 1 is 1.14 bits per heavy atom. The number of esters is 1. The molecule has 2 rings (SSSR count). The smallest absolute Gasteiger partial charge is 0.370 e. The molecule has 0 radical (unpaired) electrons. The number of carbonyl (C=O) groups excluding carboxylic acids is 1. The van der Waals surface area contributed by atoms with E-state index in [0.29, 0.717) is 6.61 Å². The van der Waals surface area contributed by atoms with Gasteiger partial charge in [0, 0.05) is 13.1 Å². The van der Waals surface area contributed by atoms with E-state index in [0.717, 1.165) is 32.5 Å². The third-order valence-corrected chi connectivity index (χ3v) is 6.91. The Labute approximate surface area is 174 Å². The van der Waals surface area contributed by atoms with Crippen LogP contribution < -0.4 is 0 Å². The quantitative estimate of drug-likeness (QED) is 0.368. The maximum Gasteiger partial charge on any atom is 0.370 e. The van der Waals surface area contributed by atoms with Crippen molar-refractivity contribution in [1.29, 1.82) is 0 Å². The number of piperidine rings is 1. The molecule has 0 N–H and O–H groups in total. The van der Waals surface area contributed by atoms with Gasteiger partial charge in [-0.1, -0.05) is 30.3 Å². The molecule has 1 aromatic carbocycles. The number of ether oxygens (including phenoxy) is 2. The maximum absolute atomic E-state index is 13.1. The lowest BCUT2D eigenvalue weighted by molar-refractivity contribution is -0.153. The number of rotatable bonds is 12. The first-order chi connectivity index (χ1) is 14.0. The Bertz CT molecular complexity index is 646. The van der Waals surface area contributed by atoms with Gasteiger partial charge in [-0.25, -0.2) is 4.79 Å². The van der Waals surface area contributed by atoms with Crippen LogP contribution in [0.3, 0.4) is 0 Å². The monoisotopic (exact) mass is 427 g/mol. The van der Waals surface area contributed by atoms with Gasteiger partial charge in [-0.3, -0.25) is 9.46 Å². The van der Waals surface area contributed by atoms with Crippen LogP contribution >= 0.6 is 7.60 Å². The van der Waals surface area contributed by atoms with Gasteiger partial charge in [0.2, 0.25) is 0 Å². The van der Waals surface area contributed by atoms with Crippen LogP contribution in [0.4, 0.5) is 0 Å². The Hall–Kier alpha value is -1.24. The van der Waals surface area contributed by atoms with Crippen LogP contribution in [-0.4, -0.2) is 56.2 Å². The molecule has 0 spiro atoms. The van der Waals surface area contributed by atoms with Crippen molar-refractivity contribution >= 4 is 13.6 Å². The maximum atomic E-state index is 13.1. The summed E-state index contributed by atoms with van der Waals surface area (Å²) in [5.74, 6) is -1.82. The molecule has 8 heteroatoms. The standard InChI is InChI=1S/C21H34NO6P/c1-4-25-20(23)21(29(24,27-5-2)28-6-3)26-17-19-13-10-14-22(16-19)15-18-11-8-7-9-12-18/h7-9,11-12,19,21H,4-6,10,13-17H2,1-3H3. The topological polar surface area (TPSA) is 74.3 Å². The minimum absolute atomic E-state index is 0.158. The molecule has 29 heavy (non-hydrogen) atoms. The molecule has 0 amide bonds. The van der Waals surface area contributed by atoms with Gasteiger partial charge >= 0.3 is 13.6 Å². The van der Waals surface area contributed by atoms with E-state index >= 15 is 0 Å². The van der Waals surface area contributed by atoms with Crippen LogP contribution in [0.2, 0.25) is 0 Å². The summed E-state index contributed by atoms with van der Waals surface area (Å²) in [5.41, 5.74) is 1.27. The molecule has 0 aromatic heterocycles. The molecule has 1 saturated heterocycles. The second-order valence-corrected chi connectivity index (χ2v) is 9.11. The van der Waals surface area contributed by atoms with Crippen molar-refractivity contribution in [2.45, 2.75) is 46.0 Å². The first-order valence-electron chi connectivity index (χ1n) is 10.5. The Kier molecular flexibility index (Phi) is 10.3. The molecule has 2 unspecified atom stereocenters. The minimum Gasteiger partial charge on any atom is -0.464 e. The van der Waals surface area contributed by atoms with Gasteiger partial charge in [-0.05, 0) is 51.6 Å². The van der Waals surface area contributed by atoms with E-state index in [-0.39, 0.29) is 25.7 Å². The minimum atomic E-state index is -3.76. The Balaban J connectivity index is 1.99. The zero-order valence-electron chi connectivity index (χ0n) is 17.7. The van der Waals surface area contributed by atoms with E-state index in [1.54, 1.807) is 20.8 Å². The van der Waals surface area contributed by atoms with Gasteiger partial charge < -0.3 is 18.5 Å². The van der Waals surface area contributed by atoms with Gasteiger partial charge in [0.15, 0.2) is 0 Å². The summed E-state index contributed by atoms with van der Waals surface area (Å²) in [6.07, 6.45) is 2.05. The van der Waals surface area contributed by atoms with Crippen molar-refractivity contribution < 1.29 is 27.9 Å². The molecule has 1 aliphatic heterocycles. The fourth-order valence-corrected chi connectivity index (χ4v) is 5.20. The predicted molar refractivity (Wildman–Crippen MR) is 112 cm³/mol. The largest absolute Gasteiger partial charge is 0.464 e. The molecular formula is C21H34NO6P. The highest BCUT2D eigenvalue weighted by atomic mass is 31.2. The van der Waals surface area contributed by atoms with Crippen molar-refractivity contribution in [2.24, 2.45) is 5.92 Å². The highest BCUT2D eigenvalue weighted by Crippen LogP contribution is 2.54. The van der Waals surface area contributed by atoms with Gasteiger partial charge in [-0.2, -0.15) is 0 Å². The second-order valence-electron chi connectivity index (χ2n) is 7.04. The highest BCUT2D eigenvalue weighted by Gasteiger charge is 2.44. The summed E-state index contributed by atoms with van der Waals surface area (Å²) in [5, 5.41) is 0. The number of likely N-dealkylation sites (tertiary alicyclic amines) is 1. The summed E-state index contributed by atoms with van der Waals surface area (Å²) >= 11 is 0. The summed E-state index contributed by atoms with van der Waals surface area (Å²) in [6, 6.07) is 10.3. The molecule has 0 saturated carbocycles. The predicted octanol–water partition coefficient (Wildman–Crippen LogP) is 4.07. The number of hydrogen-bond donors (Lipinski definition) is 0. The van der Waals surface area contributed by atoms with Gasteiger partial charge in [0.05, 0.1) is 26.4 Å². The molecule has 1 fully saturated rings. The lowest BCUT2D eigenvalue weighted by atomic mass is 9.98. The SMILES string of the molecule is CCOC(=O)C(OCC1CCCN(Cc2ccccc2)C1)P(=O)(OCC)OCC. The fraction of sp³-hybridized carbons (Fsp3) is 0.667. The average Bonchev–Trinajstić information content (AvgIpc) is 2.70.